The molecule has 2 aromatic rings. The molecule has 162 valence electrons. The molecule has 1 N–H and O–H groups in total. The second-order valence-electron chi connectivity index (χ2n) is 9.62. The summed E-state index contributed by atoms with van der Waals surface area (Å²) in [5.74, 6) is 0.498. The van der Waals surface area contributed by atoms with Crippen molar-refractivity contribution in [3.8, 4) is 0 Å². The summed E-state index contributed by atoms with van der Waals surface area (Å²) in [7, 11) is 0. The van der Waals surface area contributed by atoms with Crippen LogP contribution in [0.4, 0.5) is 0 Å². The Labute approximate surface area is 184 Å². The molecule has 5 heteroatoms. The highest BCUT2D eigenvalue weighted by atomic mass is 16.2. The van der Waals surface area contributed by atoms with E-state index in [4.69, 9.17) is 0 Å². The summed E-state index contributed by atoms with van der Waals surface area (Å²) in [6.45, 7) is 3.40. The molecule has 5 rings (SSSR count). The van der Waals surface area contributed by atoms with Crippen LogP contribution in [0.2, 0.25) is 0 Å². The number of pyridine rings is 1. The van der Waals surface area contributed by atoms with E-state index in [-0.39, 0.29) is 23.1 Å². The van der Waals surface area contributed by atoms with Gasteiger partial charge in [0.2, 0.25) is 5.91 Å². The number of amides is 2. The molecule has 1 saturated carbocycles. The van der Waals surface area contributed by atoms with Gasteiger partial charge in [0.05, 0.1) is 0 Å². The van der Waals surface area contributed by atoms with Crippen molar-refractivity contribution in [3.63, 3.8) is 0 Å². The molecule has 2 amide bonds. The van der Waals surface area contributed by atoms with Crippen molar-refractivity contribution in [1.82, 2.24) is 15.2 Å². The molecule has 3 aliphatic rings. The maximum absolute atomic E-state index is 13.0. The van der Waals surface area contributed by atoms with Crippen LogP contribution in [0.5, 0.6) is 0 Å². The highest BCUT2D eigenvalue weighted by molar-refractivity contribution is 5.92. The van der Waals surface area contributed by atoms with Crippen LogP contribution in [0.3, 0.4) is 0 Å². The lowest BCUT2D eigenvalue weighted by Gasteiger charge is -2.40. The van der Waals surface area contributed by atoms with Crippen LogP contribution in [0.15, 0.2) is 42.5 Å². The van der Waals surface area contributed by atoms with Crippen molar-refractivity contribution < 1.29 is 9.59 Å². The van der Waals surface area contributed by atoms with Crippen LogP contribution >= 0.6 is 0 Å². The van der Waals surface area contributed by atoms with Gasteiger partial charge in [-0.1, -0.05) is 30.3 Å². The second kappa shape index (κ2) is 8.10. The fraction of sp³-hybridized carbons (Fsp3) is 0.500. The van der Waals surface area contributed by atoms with E-state index < -0.39 is 0 Å². The molecular weight excluding hydrogens is 386 g/mol. The molecule has 0 radical (unpaired) electrons. The number of piperidine rings is 1. The molecule has 0 unspecified atom stereocenters. The molecule has 5 nitrogen and oxygen atoms in total. The predicted molar refractivity (Wildman–Crippen MR) is 120 cm³/mol. The topological polar surface area (TPSA) is 62.3 Å². The Hall–Kier alpha value is -2.69. The first-order valence-electron chi connectivity index (χ1n) is 11.7. The minimum absolute atomic E-state index is 0.0289. The van der Waals surface area contributed by atoms with Crippen molar-refractivity contribution in [1.29, 1.82) is 0 Å². The summed E-state index contributed by atoms with van der Waals surface area (Å²) in [5, 5.41) is 3.21. The van der Waals surface area contributed by atoms with Gasteiger partial charge in [0.1, 0.15) is 5.69 Å². The van der Waals surface area contributed by atoms with Gasteiger partial charge in [-0.05, 0) is 80.0 Å². The molecule has 31 heavy (non-hydrogen) atoms. The molecule has 2 aliphatic carbocycles. The van der Waals surface area contributed by atoms with Crippen LogP contribution in [0.1, 0.15) is 78.2 Å². The number of aromatic nitrogens is 1. The second-order valence-corrected chi connectivity index (χ2v) is 9.62. The number of nitrogens with zero attached hydrogens (tertiary/aromatic N) is 2. The first kappa shape index (κ1) is 20.2. The molecule has 1 spiro atoms. The fourth-order valence-electron chi connectivity index (χ4n) is 5.71. The normalized spacial score (nSPS) is 22.1. The van der Waals surface area contributed by atoms with Crippen LogP contribution in [-0.2, 0) is 10.2 Å². The van der Waals surface area contributed by atoms with E-state index in [0.717, 1.165) is 50.9 Å². The quantitative estimate of drug-likeness (QED) is 0.814. The standard InChI is InChI=1S/C26H31N3O2/c1-18-6-4-11-23(27-18)25(31)29-14-12-26(13-15-29)17-19(21-9-2-3-10-22(21)26)16-24(30)28-20-7-5-8-20/h2-4,6,9-11,19-20H,5,7-8,12-17H2,1H3,(H,28,30)/t19-/m1/s1. The maximum Gasteiger partial charge on any atom is 0.272 e. The summed E-state index contributed by atoms with van der Waals surface area (Å²) in [5.41, 5.74) is 4.22. The average Bonchev–Trinajstić information content (AvgIpc) is 3.04. The van der Waals surface area contributed by atoms with Gasteiger partial charge in [-0.3, -0.25) is 9.59 Å². The van der Waals surface area contributed by atoms with E-state index in [9.17, 15) is 9.59 Å². The number of carbonyl (C=O) groups excluding carboxylic acids is 2. The van der Waals surface area contributed by atoms with Crippen LogP contribution in [0, 0.1) is 6.92 Å². The Bertz CT molecular complexity index is 990. The minimum Gasteiger partial charge on any atom is -0.353 e. The number of fused-ring (bicyclic) bond motifs is 2. The highest BCUT2D eigenvalue weighted by Crippen LogP contribution is 2.52. The molecule has 1 aliphatic heterocycles. The summed E-state index contributed by atoms with van der Waals surface area (Å²) in [6, 6.07) is 14.7. The SMILES string of the molecule is Cc1cccc(C(=O)N2CCC3(CC2)C[C@@H](CC(=O)NC2CCC2)c2ccccc23)n1. The Morgan fingerprint density at radius 3 is 2.58 bits per heavy atom. The summed E-state index contributed by atoms with van der Waals surface area (Å²) >= 11 is 0. The smallest absolute Gasteiger partial charge is 0.272 e. The Kier molecular flexibility index (Phi) is 5.28. The lowest BCUT2D eigenvalue weighted by Crippen LogP contribution is -2.44. The number of aryl methyl sites for hydroxylation is 1. The zero-order valence-electron chi connectivity index (χ0n) is 18.3. The Morgan fingerprint density at radius 2 is 1.87 bits per heavy atom. The monoisotopic (exact) mass is 417 g/mol. The minimum atomic E-state index is 0.0289. The average molecular weight is 418 g/mol. The Morgan fingerprint density at radius 1 is 1.10 bits per heavy atom. The van der Waals surface area contributed by atoms with Crippen molar-refractivity contribution in [2.75, 3.05) is 13.1 Å². The molecular formula is C26H31N3O2. The molecule has 1 aromatic carbocycles. The first-order valence-corrected chi connectivity index (χ1v) is 11.7. The van der Waals surface area contributed by atoms with E-state index in [2.05, 4.69) is 34.6 Å². The van der Waals surface area contributed by atoms with Crippen LogP contribution in [0.25, 0.3) is 0 Å². The number of benzene rings is 1. The van der Waals surface area contributed by atoms with E-state index in [1.54, 1.807) is 6.07 Å². The lowest BCUT2D eigenvalue weighted by atomic mass is 9.73. The zero-order valence-corrected chi connectivity index (χ0v) is 18.3. The largest absolute Gasteiger partial charge is 0.353 e. The van der Waals surface area contributed by atoms with Gasteiger partial charge in [0.25, 0.3) is 5.91 Å². The molecule has 1 saturated heterocycles. The van der Waals surface area contributed by atoms with Gasteiger partial charge >= 0.3 is 0 Å². The van der Waals surface area contributed by atoms with Gasteiger partial charge in [0, 0.05) is 31.2 Å². The van der Waals surface area contributed by atoms with Crippen molar-refractivity contribution >= 4 is 11.8 Å². The van der Waals surface area contributed by atoms with E-state index in [0.29, 0.717) is 18.2 Å². The van der Waals surface area contributed by atoms with Gasteiger partial charge in [-0.2, -0.15) is 0 Å². The van der Waals surface area contributed by atoms with Crippen molar-refractivity contribution in [3.05, 3.63) is 65.0 Å². The third-order valence-corrected chi connectivity index (χ3v) is 7.63. The molecule has 2 fully saturated rings. The lowest BCUT2D eigenvalue weighted by molar-refractivity contribution is -0.122. The number of likely N-dealkylation sites (tertiary alicyclic amines) is 1. The van der Waals surface area contributed by atoms with Crippen LogP contribution in [-0.4, -0.2) is 40.8 Å². The number of carbonyl (C=O) groups is 2. The van der Waals surface area contributed by atoms with Gasteiger partial charge in [0.15, 0.2) is 0 Å². The van der Waals surface area contributed by atoms with E-state index in [1.165, 1.54) is 17.5 Å². The molecule has 1 aromatic heterocycles. The summed E-state index contributed by atoms with van der Waals surface area (Å²) in [6.07, 6.45) is 6.95. The van der Waals surface area contributed by atoms with Gasteiger partial charge < -0.3 is 10.2 Å². The number of rotatable bonds is 4. The van der Waals surface area contributed by atoms with E-state index in [1.807, 2.05) is 24.0 Å². The molecule has 1 atom stereocenters. The summed E-state index contributed by atoms with van der Waals surface area (Å²) < 4.78 is 0. The highest BCUT2D eigenvalue weighted by Gasteiger charge is 2.46. The number of hydrogen-bond donors (Lipinski definition) is 1. The third-order valence-electron chi connectivity index (χ3n) is 7.63. The van der Waals surface area contributed by atoms with E-state index >= 15 is 0 Å². The van der Waals surface area contributed by atoms with Gasteiger partial charge in [-0.25, -0.2) is 4.98 Å². The number of hydrogen-bond acceptors (Lipinski definition) is 3. The third kappa shape index (κ3) is 3.86. The van der Waals surface area contributed by atoms with Crippen LogP contribution < -0.4 is 5.32 Å². The molecule has 0 bridgehead atoms. The fourth-order valence-corrected chi connectivity index (χ4v) is 5.71. The van der Waals surface area contributed by atoms with Gasteiger partial charge in [-0.15, -0.1) is 0 Å². The van der Waals surface area contributed by atoms with Crippen molar-refractivity contribution in [2.24, 2.45) is 0 Å². The summed E-state index contributed by atoms with van der Waals surface area (Å²) in [4.78, 5) is 32.0. The number of nitrogens with one attached hydrogen (secondary N) is 1. The zero-order chi connectivity index (χ0) is 21.4. The molecule has 2 heterocycles. The Balaban J connectivity index is 1.29. The maximum atomic E-state index is 13.0. The first-order chi connectivity index (χ1) is 15.0. The van der Waals surface area contributed by atoms with Crippen molar-refractivity contribution in [2.45, 2.75) is 69.2 Å². The predicted octanol–water partition coefficient (Wildman–Crippen LogP) is 4.11.